The second kappa shape index (κ2) is 6.12. The summed E-state index contributed by atoms with van der Waals surface area (Å²) in [6.45, 7) is 0. The predicted octanol–water partition coefficient (Wildman–Crippen LogP) is 4.44. The Balaban J connectivity index is 1.75. The third kappa shape index (κ3) is 3.49. The maximum absolute atomic E-state index is 12.0. The zero-order valence-electron chi connectivity index (χ0n) is 10.8. The molecule has 0 saturated heterocycles. The average Bonchev–Trinajstić information content (AvgIpc) is 2.78. The minimum absolute atomic E-state index is 0.195. The summed E-state index contributed by atoms with van der Waals surface area (Å²) < 4.78 is 2.54. The minimum atomic E-state index is -0.458. The van der Waals surface area contributed by atoms with Gasteiger partial charge in [-0.15, -0.1) is 5.10 Å². The second-order valence-corrected chi connectivity index (χ2v) is 6.02. The van der Waals surface area contributed by atoms with Gasteiger partial charge in [0.1, 0.15) is 10.3 Å². The lowest BCUT2D eigenvalue weighted by molar-refractivity contribution is 0.262. The molecule has 22 heavy (non-hydrogen) atoms. The summed E-state index contributed by atoms with van der Waals surface area (Å²) in [5.41, 5.74) is 1.29. The number of pyridine rings is 2. The number of carbonyl (C=O) groups is 1. The number of anilines is 2. The third-order valence-corrected chi connectivity index (χ3v) is 3.54. The zero-order chi connectivity index (χ0) is 15.7. The van der Waals surface area contributed by atoms with Gasteiger partial charge >= 0.3 is 6.03 Å². The molecule has 2 amide bonds. The van der Waals surface area contributed by atoms with Crippen LogP contribution in [-0.4, -0.2) is 20.6 Å². The van der Waals surface area contributed by atoms with Crippen molar-refractivity contribution in [1.82, 2.24) is 14.6 Å². The fourth-order valence-electron chi connectivity index (χ4n) is 1.84. The standard InChI is InChI=1S/C13H8BrCl2N5O/c14-7-1-2-9-5-12(20-21(9)6-7)19-13(22)17-8-3-10(15)18-11(16)4-8/h1-6H,(H2,17,18,19,20,22). The zero-order valence-corrected chi connectivity index (χ0v) is 13.9. The Bertz CT molecular complexity index is 847. The Kier molecular flexibility index (Phi) is 4.19. The summed E-state index contributed by atoms with van der Waals surface area (Å²) >= 11 is 14.9. The molecule has 0 aliphatic carbocycles. The van der Waals surface area contributed by atoms with Gasteiger partial charge in [-0.1, -0.05) is 23.2 Å². The monoisotopic (exact) mass is 399 g/mol. The molecule has 0 fully saturated rings. The number of fused-ring (bicyclic) bond motifs is 1. The van der Waals surface area contributed by atoms with Gasteiger partial charge in [0.05, 0.1) is 5.52 Å². The molecular weight excluding hydrogens is 393 g/mol. The summed E-state index contributed by atoms with van der Waals surface area (Å²) in [5.74, 6) is 0.418. The van der Waals surface area contributed by atoms with Crippen LogP contribution in [0.25, 0.3) is 5.52 Å². The van der Waals surface area contributed by atoms with Gasteiger partial charge in [0, 0.05) is 22.4 Å². The van der Waals surface area contributed by atoms with Crippen molar-refractivity contribution in [2.45, 2.75) is 0 Å². The van der Waals surface area contributed by atoms with E-state index in [1.807, 2.05) is 12.1 Å². The van der Waals surface area contributed by atoms with Crippen molar-refractivity contribution < 1.29 is 4.79 Å². The molecule has 0 saturated carbocycles. The van der Waals surface area contributed by atoms with E-state index in [-0.39, 0.29) is 10.3 Å². The van der Waals surface area contributed by atoms with Gasteiger partial charge in [-0.3, -0.25) is 5.32 Å². The number of carbonyl (C=O) groups excluding carboxylic acids is 1. The molecule has 3 aromatic rings. The van der Waals surface area contributed by atoms with E-state index in [4.69, 9.17) is 23.2 Å². The highest BCUT2D eigenvalue weighted by molar-refractivity contribution is 9.10. The molecule has 3 rings (SSSR count). The first kappa shape index (κ1) is 15.1. The summed E-state index contributed by atoms with van der Waals surface area (Å²) in [5, 5.41) is 9.87. The van der Waals surface area contributed by atoms with Crippen LogP contribution in [0.1, 0.15) is 0 Å². The highest BCUT2D eigenvalue weighted by atomic mass is 79.9. The first-order chi connectivity index (χ1) is 10.5. The smallest absolute Gasteiger partial charge is 0.307 e. The molecule has 0 aliphatic rings. The molecule has 0 atom stereocenters. The van der Waals surface area contributed by atoms with Crippen molar-refractivity contribution in [2.24, 2.45) is 0 Å². The molecule has 0 radical (unpaired) electrons. The van der Waals surface area contributed by atoms with Crippen molar-refractivity contribution in [3.63, 3.8) is 0 Å². The van der Waals surface area contributed by atoms with Crippen LogP contribution in [0.15, 0.2) is 41.0 Å². The number of rotatable bonds is 2. The van der Waals surface area contributed by atoms with Crippen LogP contribution in [0.3, 0.4) is 0 Å². The first-order valence-corrected chi connectivity index (χ1v) is 7.60. The van der Waals surface area contributed by atoms with Gasteiger partial charge in [0.25, 0.3) is 0 Å². The van der Waals surface area contributed by atoms with Crippen LogP contribution in [0, 0.1) is 0 Å². The van der Waals surface area contributed by atoms with Gasteiger partial charge in [0.15, 0.2) is 5.82 Å². The molecule has 9 heteroatoms. The molecular formula is C13H8BrCl2N5O. The van der Waals surface area contributed by atoms with E-state index in [9.17, 15) is 4.79 Å². The normalized spacial score (nSPS) is 10.7. The molecule has 0 bridgehead atoms. The fourth-order valence-corrected chi connectivity index (χ4v) is 2.62. The Hall–Kier alpha value is -1.83. The highest BCUT2D eigenvalue weighted by Crippen LogP contribution is 2.19. The minimum Gasteiger partial charge on any atom is -0.307 e. The van der Waals surface area contributed by atoms with Gasteiger partial charge in [-0.05, 0) is 40.2 Å². The second-order valence-electron chi connectivity index (χ2n) is 4.33. The molecule has 3 heterocycles. The van der Waals surface area contributed by atoms with Crippen molar-refractivity contribution in [3.05, 3.63) is 51.3 Å². The number of halogens is 3. The van der Waals surface area contributed by atoms with Gasteiger partial charge in [0.2, 0.25) is 0 Å². The van der Waals surface area contributed by atoms with Crippen molar-refractivity contribution in [1.29, 1.82) is 0 Å². The quantitative estimate of drug-likeness (QED) is 0.624. The number of aromatic nitrogens is 3. The van der Waals surface area contributed by atoms with Crippen LogP contribution in [0.5, 0.6) is 0 Å². The predicted molar refractivity (Wildman–Crippen MR) is 89.8 cm³/mol. The van der Waals surface area contributed by atoms with E-state index in [1.165, 1.54) is 12.1 Å². The summed E-state index contributed by atoms with van der Waals surface area (Å²) in [6.07, 6.45) is 1.79. The van der Waals surface area contributed by atoms with Crippen molar-refractivity contribution in [3.8, 4) is 0 Å². The Morgan fingerprint density at radius 1 is 1.14 bits per heavy atom. The van der Waals surface area contributed by atoms with Gasteiger partial charge < -0.3 is 5.32 Å². The van der Waals surface area contributed by atoms with E-state index in [1.54, 1.807) is 16.8 Å². The largest absolute Gasteiger partial charge is 0.324 e. The van der Waals surface area contributed by atoms with E-state index in [2.05, 4.69) is 36.6 Å². The number of amides is 2. The maximum Gasteiger partial charge on any atom is 0.324 e. The van der Waals surface area contributed by atoms with Gasteiger partial charge in [-0.25, -0.2) is 14.3 Å². The van der Waals surface area contributed by atoms with Crippen molar-refractivity contribution >= 4 is 62.2 Å². The van der Waals surface area contributed by atoms with Crippen LogP contribution >= 0.6 is 39.1 Å². The SMILES string of the molecule is O=C(Nc1cc(Cl)nc(Cl)c1)Nc1cc2ccc(Br)cn2n1. The Labute approximate surface area is 143 Å². The molecule has 112 valence electrons. The number of nitrogens with one attached hydrogen (secondary N) is 2. The fraction of sp³-hybridized carbons (Fsp3) is 0. The molecule has 0 unspecified atom stereocenters. The molecule has 3 aromatic heterocycles. The van der Waals surface area contributed by atoms with Crippen LogP contribution in [0.2, 0.25) is 10.3 Å². The number of urea groups is 1. The van der Waals surface area contributed by atoms with Crippen LogP contribution in [0.4, 0.5) is 16.3 Å². The van der Waals surface area contributed by atoms with E-state index >= 15 is 0 Å². The maximum atomic E-state index is 12.0. The lowest BCUT2D eigenvalue weighted by Crippen LogP contribution is -2.19. The summed E-state index contributed by atoms with van der Waals surface area (Å²) in [4.78, 5) is 15.8. The summed E-state index contributed by atoms with van der Waals surface area (Å²) in [7, 11) is 0. The van der Waals surface area contributed by atoms with E-state index < -0.39 is 6.03 Å². The number of nitrogens with zero attached hydrogens (tertiary/aromatic N) is 3. The molecule has 0 aromatic carbocycles. The molecule has 2 N–H and O–H groups in total. The highest BCUT2D eigenvalue weighted by Gasteiger charge is 2.08. The van der Waals surface area contributed by atoms with Crippen LogP contribution < -0.4 is 10.6 Å². The van der Waals surface area contributed by atoms with Crippen molar-refractivity contribution in [2.75, 3.05) is 10.6 Å². The Morgan fingerprint density at radius 2 is 1.86 bits per heavy atom. The summed E-state index contributed by atoms with van der Waals surface area (Å²) in [6, 6.07) is 8.05. The topological polar surface area (TPSA) is 71.3 Å². The number of hydrogen-bond acceptors (Lipinski definition) is 3. The lowest BCUT2D eigenvalue weighted by Gasteiger charge is -2.05. The van der Waals surface area contributed by atoms with E-state index in [0.29, 0.717) is 11.5 Å². The molecule has 6 nitrogen and oxygen atoms in total. The Morgan fingerprint density at radius 3 is 2.59 bits per heavy atom. The third-order valence-electron chi connectivity index (χ3n) is 2.69. The average molecular weight is 401 g/mol. The molecule has 0 aliphatic heterocycles. The van der Waals surface area contributed by atoms with E-state index in [0.717, 1.165) is 9.99 Å². The first-order valence-electron chi connectivity index (χ1n) is 6.06. The lowest BCUT2D eigenvalue weighted by atomic mass is 10.4. The molecule has 0 spiro atoms. The van der Waals surface area contributed by atoms with Gasteiger partial charge in [-0.2, -0.15) is 0 Å². The number of hydrogen-bond donors (Lipinski definition) is 2. The van der Waals surface area contributed by atoms with Crippen LogP contribution in [-0.2, 0) is 0 Å².